The van der Waals surface area contributed by atoms with Crippen molar-refractivity contribution in [2.75, 3.05) is 0 Å². The molecule has 0 spiro atoms. The molecule has 0 nitrogen and oxygen atoms in total. The zero-order chi connectivity index (χ0) is 10.9. The number of halogens is 3. The summed E-state index contributed by atoms with van der Waals surface area (Å²) in [5.74, 6) is -0.322. The van der Waals surface area contributed by atoms with E-state index in [1.54, 1.807) is 6.07 Å². The second-order valence-corrected chi connectivity index (χ2v) is 4.35. The highest BCUT2D eigenvalue weighted by Crippen LogP contribution is 2.34. The fourth-order valence-electron chi connectivity index (χ4n) is 1.44. The molecule has 1 aromatic rings. The highest BCUT2D eigenvalue weighted by atomic mass is 35.5. The van der Waals surface area contributed by atoms with E-state index in [-0.39, 0.29) is 16.8 Å². The quantitative estimate of drug-likeness (QED) is 0.644. The number of hydrogen-bond acceptors (Lipinski definition) is 0. The first kappa shape index (κ1) is 11.8. The Labute approximate surface area is 94.0 Å². The van der Waals surface area contributed by atoms with Crippen LogP contribution in [0.15, 0.2) is 6.07 Å². The molecule has 0 saturated carbocycles. The van der Waals surface area contributed by atoms with Crippen molar-refractivity contribution in [3.63, 3.8) is 0 Å². The zero-order valence-electron chi connectivity index (χ0n) is 8.50. The Kier molecular flexibility index (Phi) is 3.79. The lowest BCUT2D eigenvalue weighted by molar-refractivity contribution is 0.597. The Morgan fingerprint density at radius 1 is 1.36 bits per heavy atom. The molecule has 14 heavy (non-hydrogen) atoms. The minimum atomic E-state index is -0.369. The number of benzene rings is 1. The number of rotatable bonds is 2. The summed E-state index contributed by atoms with van der Waals surface area (Å²) < 4.78 is 13.7. The molecule has 0 bridgehead atoms. The van der Waals surface area contributed by atoms with E-state index in [0.717, 1.165) is 5.56 Å². The molecule has 0 aliphatic rings. The summed E-state index contributed by atoms with van der Waals surface area (Å²) in [5, 5.41) is 0.680. The minimum Gasteiger partial charge on any atom is -0.205 e. The molecule has 0 radical (unpaired) electrons. The minimum absolute atomic E-state index is 0.0471. The van der Waals surface area contributed by atoms with Gasteiger partial charge in [0.15, 0.2) is 0 Å². The molecule has 0 aliphatic carbocycles. The van der Waals surface area contributed by atoms with Crippen molar-refractivity contribution in [1.82, 2.24) is 0 Å². The van der Waals surface area contributed by atoms with Gasteiger partial charge in [-0.3, -0.25) is 0 Å². The van der Waals surface area contributed by atoms with Gasteiger partial charge in [-0.2, -0.15) is 0 Å². The highest BCUT2D eigenvalue weighted by Gasteiger charge is 2.17. The SMILES string of the molecule is CCc1cc(Cl)c(C(C)C)c(F)c1Cl. The van der Waals surface area contributed by atoms with Gasteiger partial charge in [-0.15, -0.1) is 0 Å². The van der Waals surface area contributed by atoms with Gasteiger partial charge in [0, 0.05) is 10.6 Å². The molecule has 0 heterocycles. The second-order valence-electron chi connectivity index (χ2n) is 3.57. The van der Waals surface area contributed by atoms with Gasteiger partial charge in [-0.25, -0.2) is 4.39 Å². The molecule has 0 unspecified atom stereocenters. The van der Waals surface area contributed by atoms with E-state index in [9.17, 15) is 4.39 Å². The summed E-state index contributed by atoms with van der Waals surface area (Å²) in [6, 6.07) is 1.75. The van der Waals surface area contributed by atoms with E-state index in [4.69, 9.17) is 23.2 Å². The highest BCUT2D eigenvalue weighted by molar-refractivity contribution is 6.34. The van der Waals surface area contributed by atoms with E-state index in [1.165, 1.54) is 0 Å². The number of aryl methyl sites for hydroxylation is 1. The Balaban J connectivity index is 3.41. The van der Waals surface area contributed by atoms with E-state index in [1.807, 2.05) is 20.8 Å². The summed E-state index contributed by atoms with van der Waals surface area (Å²) in [6.07, 6.45) is 0.688. The lowest BCUT2D eigenvalue weighted by Crippen LogP contribution is -1.98. The van der Waals surface area contributed by atoms with E-state index in [2.05, 4.69) is 0 Å². The molecule has 0 saturated heterocycles. The van der Waals surface area contributed by atoms with Crippen LogP contribution in [0.4, 0.5) is 4.39 Å². The normalized spacial score (nSPS) is 11.1. The van der Waals surface area contributed by atoms with Gasteiger partial charge >= 0.3 is 0 Å². The molecule has 0 aliphatic heterocycles. The van der Waals surface area contributed by atoms with Crippen molar-refractivity contribution in [2.45, 2.75) is 33.1 Å². The molecule has 1 rings (SSSR count). The first-order chi connectivity index (χ1) is 6.49. The van der Waals surface area contributed by atoms with Crippen molar-refractivity contribution in [3.8, 4) is 0 Å². The van der Waals surface area contributed by atoms with E-state index in [0.29, 0.717) is 17.0 Å². The van der Waals surface area contributed by atoms with Crippen LogP contribution >= 0.6 is 23.2 Å². The van der Waals surface area contributed by atoms with Crippen LogP contribution in [0, 0.1) is 5.82 Å². The average molecular weight is 235 g/mol. The molecule has 78 valence electrons. The van der Waals surface area contributed by atoms with Crippen molar-refractivity contribution in [2.24, 2.45) is 0 Å². The van der Waals surface area contributed by atoms with Crippen LogP contribution in [-0.2, 0) is 6.42 Å². The maximum Gasteiger partial charge on any atom is 0.146 e. The van der Waals surface area contributed by atoms with Crippen molar-refractivity contribution in [1.29, 1.82) is 0 Å². The Bertz CT molecular complexity index is 346. The lowest BCUT2D eigenvalue weighted by Gasteiger charge is -2.13. The van der Waals surface area contributed by atoms with Gasteiger partial charge in [0.2, 0.25) is 0 Å². The van der Waals surface area contributed by atoms with Crippen LogP contribution in [0.2, 0.25) is 10.0 Å². The van der Waals surface area contributed by atoms with Crippen LogP contribution in [-0.4, -0.2) is 0 Å². The summed E-state index contributed by atoms with van der Waals surface area (Å²) in [7, 11) is 0. The number of hydrogen-bond donors (Lipinski definition) is 0. The van der Waals surface area contributed by atoms with Gasteiger partial charge < -0.3 is 0 Å². The van der Waals surface area contributed by atoms with Gasteiger partial charge in [0.05, 0.1) is 5.02 Å². The molecule has 3 heteroatoms. The van der Waals surface area contributed by atoms with Crippen LogP contribution < -0.4 is 0 Å². The predicted molar refractivity (Wildman–Crippen MR) is 59.9 cm³/mol. The maximum atomic E-state index is 13.7. The molecule has 0 N–H and O–H groups in total. The molecule has 0 atom stereocenters. The van der Waals surface area contributed by atoms with Crippen LogP contribution in [0.5, 0.6) is 0 Å². The van der Waals surface area contributed by atoms with Crippen molar-refractivity contribution in [3.05, 3.63) is 33.1 Å². The fourth-order valence-corrected chi connectivity index (χ4v) is 2.17. The molecule has 0 fully saturated rings. The topological polar surface area (TPSA) is 0 Å². The monoisotopic (exact) mass is 234 g/mol. The predicted octanol–water partition coefficient (Wildman–Crippen LogP) is 4.82. The van der Waals surface area contributed by atoms with Gasteiger partial charge in [0.1, 0.15) is 5.82 Å². The van der Waals surface area contributed by atoms with Crippen LogP contribution in [0.25, 0.3) is 0 Å². The van der Waals surface area contributed by atoms with E-state index >= 15 is 0 Å². The van der Waals surface area contributed by atoms with Gasteiger partial charge in [0.25, 0.3) is 0 Å². The summed E-state index contributed by atoms with van der Waals surface area (Å²) in [6.45, 7) is 5.71. The van der Waals surface area contributed by atoms with Gasteiger partial charge in [-0.1, -0.05) is 44.0 Å². The summed E-state index contributed by atoms with van der Waals surface area (Å²) >= 11 is 11.9. The second kappa shape index (κ2) is 4.50. The zero-order valence-corrected chi connectivity index (χ0v) is 10.0. The summed E-state index contributed by atoms with van der Waals surface area (Å²) in [5.41, 5.74) is 1.27. The first-order valence-electron chi connectivity index (χ1n) is 4.65. The fraction of sp³-hybridized carbons (Fsp3) is 0.455. The molecule has 0 amide bonds. The van der Waals surface area contributed by atoms with Crippen LogP contribution in [0.3, 0.4) is 0 Å². The average Bonchev–Trinajstić information content (AvgIpc) is 2.10. The third-order valence-electron chi connectivity index (χ3n) is 2.23. The standard InChI is InChI=1S/C11H13Cl2F/c1-4-7-5-8(12)9(6(2)3)11(14)10(7)13/h5-6H,4H2,1-3H3. The lowest BCUT2D eigenvalue weighted by atomic mass is 10.00. The molecule has 1 aromatic carbocycles. The Morgan fingerprint density at radius 2 is 1.93 bits per heavy atom. The van der Waals surface area contributed by atoms with Crippen molar-refractivity contribution < 1.29 is 4.39 Å². The Hall–Kier alpha value is -0.270. The maximum absolute atomic E-state index is 13.7. The largest absolute Gasteiger partial charge is 0.205 e. The van der Waals surface area contributed by atoms with Crippen molar-refractivity contribution >= 4 is 23.2 Å². The summed E-state index contributed by atoms with van der Waals surface area (Å²) in [4.78, 5) is 0. The third-order valence-corrected chi connectivity index (χ3v) is 2.95. The smallest absolute Gasteiger partial charge is 0.146 e. The van der Waals surface area contributed by atoms with Gasteiger partial charge in [-0.05, 0) is 24.0 Å². The molecular weight excluding hydrogens is 222 g/mol. The Morgan fingerprint density at radius 3 is 2.36 bits per heavy atom. The molecular formula is C11H13Cl2F. The molecule has 0 aromatic heterocycles. The first-order valence-corrected chi connectivity index (χ1v) is 5.40. The van der Waals surface area contributed by atoms with E-state index < -0.39 is 0 Å². The van der Waals surface area contributed by atoms with Crippen LogP contribution in [0.1, 0.15) is 37.8 Å². The third kappa shape index (κ3) is 2.04.